The Labute approximate surface area is 127 Å². The summed E-state index contributed by atoms with van der Waals surface area (Å²) in [4.78, 5) is 17.5. The molecule has 0 radical (unpaired) electrons. The maximum Gasteiger partial charge on any atom is 0.231 e. The summed E-state index contributed by atoms with van der Waals surface area (Å²) in [6, 6.07) is 0. The number of likely N-dealkylation sites (N-methyl/N-ethyl adjacent to an activating group) is 1. The maximum atomic E-state index is 4.47. The number of nitrogens with zero attached hydrogens (tertiary/aromatic N) is 5. The first kappa shape index (κ1) is 15.8. The van der Waals surface area contributed by atoms with Crippen LogP contribution < -0.4 is 15.5 Å². The van der Waals surface area contributed by atoms with Crippen molar-refractivity contribution in [3.8, 4) is 0 Å². The molecule has 0 bridgehead atoms. The molecule has 0 atom stereocenters. The van der Waals surface area contributed by atoms with E-state index in [9.17, 15) is 0 Å². The van der Waals surface area contributed by atoms with Crippen molar-refractivity contribution in [3.63, 3.8) is 0 Å². The summed E-state index contributed by atoms with van der Waals surface area (Å²) in [7, 11) is 8.15. The van der Waals surface area contributed by atoms with Crippen LogP contribution in [0.1, 0.15) is 26.2 Å². The van der Waals surface area contributed by atoms with Gasteiger partial charge in [-0.15, -0.1) is 0 Å². The Balaban J connectivity index is 2.11. The minimum atomic E-state index is 0.239. The summed E-state index contributed by atoms with van der Waals surface area (Å²) < 4.78 is 0. The fraction of sp³-hybridized carbons (Fsp3) is 0.786. The lowest BCUT2D eigenvalue weighted by atomic mass is 9.75. The van der Waals surface area contributed by atoms with Crippen LogP contribution in [0.15, 0.2) is 0 Å². The van der Waals surface area contributed by atoms with Crippen molar-refractivity contribution in [3.05, 3.63) is 0 Å². The van der Waals surface area contributed by atoms with Crippen LogP contribution in [0.4, 0.5) is 17.8 Å². The molecule has 1 aromatic rings. The molecule has 2 N–H and O–H groups in total. The van der Waals surface area contributed by atoms with E-state index in [1.54, 1.807) is 0 Å². The first-order valence-corrected chi connectivity index (χ1v) is 7.55. The second-order valence-corrected chi connectivity index (χ2v) is 6.03. The Morgan fingerprint density at radius 1 is 1.00 bits per heavy atom. The van der Waals surface area contributed by atoms with Crippen LogP contribution in [0.3, 0.4) is 0 Å². The molecule has 0 aliphatic heterocycles. The Morgan fingerprint density at radius 2 is 1.62 bits per heavy atom. The van der Waals surface area contributed by atoms with Gasteiger partial charge < -0.3 is 20.4 Å². The zero-order valence-corrected chi connectivity index (χ0v) is 13.8. The molecule has 0 spiro atoms. The van der Waals surface area contributed by atoms with Crippen LogP contribution in [0, 0.1) is 0 Å². The molecule has 0 aromatic carbocycles. The van der Waals surface area contributed by atoms with Crippen LogP contribution >= 0.6 is 0 Å². The third-order valence-corrected chi connectivity index (χ3v) is 4.17. The first-order valence-electron chi connectivity index (χ1n) is 7.55. The quantitative estimate of drug-likeness (QED) is 0.784. The topological polar surface area (TPSA) is 69.2 Å². The van der Waals surface area contributed by atoms with Gasteiger partial charge in [0.2, 0.25) is 17.8 Å². The minimum absolute atomic E-state index is 0.239. The lowest BCUT2D eigenvalue weighted by molar-refractivity contribution is 0.0737. The van der Waals surface area contributed by atoms with Crippen molar-refractivity contribution in [1.82, 2.24) is 19.9 Å². The van der Waals surface area contributed by atoms with E-state index in [0.717, 1.165) is 13.1 Å². The zero-order valence-electron chi connectivity index (χ0n) is 13.8. The second-order valence-electron chi connectivity index (χ2n) is 6.03. The molecule has 2 rings (SSSR count). The molecule has 1 aliphatic carbocycles. The predicted molar refractivity (Wildman–Crippen MR) is 87.1 cm³/mol. The van der Waals surface area contributed by atoms with Crippen molar-refractivity contribution >= 4 is 17.8 Å². The Hall–Kier alpha value is -1.63. The smallest absolute Gasteiger partial charge is 0.231 e. The highest BCUT2D eigenvalue weighted by atomic mass is 15.3. The highest BCUT2D eigenvalue weighted by Crippen LogP contribution is 2.36. The van der Waals surface area contributed by atoms with Crippen LogP contribution in [0.2, 0.25) is 0 Å². The average Bonchev–Trinajstić information content (AvgIpc) is 2.37. The monoisotopic (exact) mass is 293 g/mol. The molecule has 7 heteroatoms. The van der Waals surface area contributed by atoms with Crippen LogP contribution in [0.5, 0.6) is 0 Å². The summed E-state index contributed by atoms with van der Waals surface area (Å²) in [6.45, 7) is 3.68. The average molecular weight is 293 g/mol. The molecule has 21 heavy (non-hydrogen) atoms. The number of anilines is 3. The van der Waals surface area contributed by atoms with Crippen LogP contribution in [-0.2, 0) is 0 Å². The second kappa shape index (κ2) is 6.43. The summed E-state index contributed by atoms with van der Waals surface area (Å²) >= 11 is 0. The van der Waals surface area contributed by atoms with E-state index in [1.807, 2.05) is 25.9 Å². The number of nitrogens with one attached hydrogen (secondary N) is 2. The van der Waals surface area contributed by atoms with Gasteiger partial charge in [-0.05, 0) is 40.3 Å². The van der Waals surface area contributed by atoms with E-state index in [1.165, 1.54) is 19.3 Å². The highest BCUT2D eigenvalue weighted by molar-refractivity contribution is 5.43. The van der Waals surface area contributed by atoms with E-state index in [4.69, 9.17) is 0 Å². The molecule has 0 amide bonds. The van der Waals surface area contributed by atoms with Gasteiger partial charge >= 0.3 is 0 Å². The Morgan fingerprint density at radius 3 is 2.05 bits per heavy atom. The molecular weight excluding hydrogens is 266 g/mol. The van der Waals surface area contributed by atoms with Crippen molar-refractivity contribution in [2.75, 3.05) is 56.8 Å². The largest absolute Gasteiger partial charge is 0.354 e. The van der Waals surface area contributed by atoms with Crippen LogP contribution in [-0.4, -0.2) is 66.7 Å². The molecular formula is C14H27N7. The minimum Gasteiger partial charge on any atom is -0.354 e. The fourth-order valence-corrected chi connectivity index (χ4v) is 2.49. The third kappa shape index (κ3) is 3.53. The Bertz CT molecular complexity index is 468. The predicted octanol–water partition coefficient (Wildman–Crippen LogP) is 1.27. The third-order valence-electron chi connectivity index (χ3n) is 4.17. The first-order chi connectivity index (χ1) is 9.97. The van der Waals surface area contributed by atoms with Crippen molar-refractivity contribution in [2.45, 2.75) is 31.7 Å². The molecule has 118 valence electrons. The fourth-order valence-electron chi connectivity index (χ4n) is 2.49. The maximum absolute atomic E-state index is 4.47. The highest BCUT2D eigenvalue weighted by Gasteiger charge is 2.38. The SMILES string of the molecule is CCNc1nc(NCC2(N(C)C)CCC2)nc(N(C)C)n1. The lowest BCUT2D eigenvalue weighted by Gasteiger charge is -2.47. The van der Waals surface area contributed by atoms with Crippen molar-refractivity contribution in [1.29, 1.82) is 0 Å². The molecule has 7 nitrogen and oxygen atoms in total. The number of hydrogen-bond donors (Lipinski definition) is 2. The molecule has 1 heterocycles. The van der Waals surface area contributed by atoms with Crippen molar-refractivity contribution in [2.24, 2.45) is 0 Å². The molecule has 1 aromatic heterocycles. The number of aromatic nitrogens is 3. The van der Waals surface area contributed by atoms with E-state index in [2.05, 4.69) is 44.6 Å². The van der Waals surface area contributed by atoms with Gasteiger partial charge in [-0.3, -0.25) is 0 Å². The summed E-state index contributed by atoms with van der Waals surface area (Å²) in [5.41, 5.74) is 0.239. The van der Waals surface area contributed by atoms with E-state index < -0.39 is 0 Å². The normalized spacial score (nSPS) is 16.5. The molecule has 1 saturated carbocycles. The standard InChI is InChI=1S/C14H27N7/c1-6-15-11-17-12(19-13(18-11)20(2)3)16-10-14(21(4)5)8-7-9-14/h6-10H2,1-5H3,(H2,15,16,17,18,19). The molecule has 0 unspecified atom stereocenters. The number of hydrogen-bond acceptors (Lipinski definition) is 7. The van der Waals surface area contributed by atoms with Gasteiger partial charge in [0.05, 0.1) is 0 Å². The lowest BCUT2D eigenvalue weighted by Crippen LogP contribution is -2.54. The van der Waals surface area contributed by atoms with Gasteiger partial charge in [-0.1, -0.05) is 0 Å². The van der Waals surface area contributed by atoms with E-state index in [0.29, 0.717) is 17.8 Å². The molecule has 0 saturated heterocycles. The van der Waals surface area contributed by atoms with Gasteiger partial charge in [0.15, 0.2) is 0 Å². The van der Waals surface area contributed by atoms with Gasteiger partial charge in [0.25, 0.3) is 0 Å². The van der Waals surface area contributed by atoms with Crippen LogP contribution in [0.25, 0.3) is 0 Å². The number of rotatable bonds is 7. The van der Waals surface area contributed by atoms with Gasteiger partial charge in [0.1, 0.15) is 0 Å². The molecule has 1 fully saturated rings. The van der Waals surface area contributed by atoms with Gasteiger partial charge in [-0.25, -0.2) is 0 Å². The summed E-state index contributed by atoms with van der Waals surface area (Å²) in [5, 5.41) is 6.54. The van der Waals surface area contributed by atoms with Gasteiger partial charge in [-0.2, -0.15) is 15.0 Å². The molecule has 1 aliphatic rings. The summed E-state index contributed by atoms with van der Waals surface area (Å²) in [6.07, 6.45) is 3.74. The summed E-state index contributed by atoms with van der Waals surface area (Å²) in [5.74, 6) is 1.92. The van der Waals surface area contributed by atoms with E-state index >= 15 is 0 Å². The van der Waals surface area contributed by atoms with E-state index in [-0.39, 0.29) is 5.54 Å². The zero-order chi connectivity index (χ0) is 15.5. The van der Waals surface area contributed by atoms with Crippen molar-refractivity contribution < 1.29 is 0 Å². The van der Waals surface area contributed by atoms with Gasteiger partial charge in [0, 0.05) is 32.7 Å². The Kier molecular flexibility index (Phi) is 4.82.